The molecule has 1 nitrogen and oxygen atoms in total. The van der Waals surface area contributed by atoms with E-state index in [1.165, 1.54) is 12.3 Å². The Bertz CT molecular complexity index is 279. The van der Waals surface area contributed by atoms with Crippen molar-refractivity contribution in [3.05, 3.63) is 27.5 Å². The average Bonchev–Trinajstić information content (AvgIpc) is 1.82. The maximum absolute atomic E-state index is 12.2. The van der Waals surface area contributed by atoms with Crippen molar-refractivity contribution in [1.29, 1.82) is 0 Å². The molecular formula is C6H2BrClF3N. The molecule has 0 saturated heterocycles. The summed E-state index contributed by atoms with van der Waals surface area (Å²) in [7, 11) is 0. The first kappa shape index (κ1) is 9.80. The zero-order valence-electron chi connectivity index (χ0n) is 5.49. The maximum atomic E-state index is 12.2. The van der Waals surface area contributed by atoms with Gasteiger partial charge in [0.15, 0.2) is 0 Å². The first-order valence-corrected chi connectivity index (χ1v) is 3.97. The molecule has 0 amide bonds. The van der Waals surface area contributed by atoms with Gasteiger partial charge in [0.2, 0.25) is 0 Å². The van der Waals surface area contributed by atoms with Crippen LogP contribution in [0, 0.1) is 0 Å². The molecule has 1 aromatic heterocycles. The van der Waals surface area contributed by atoms with Gasteiger partial charge in [-0.05, 0) is 6.07 Å². The molecule has 6 heteroatoms. The number of hydrogen-bond acceptors (Lipinski definition) is 1. The van der Waals surface area contributed by atoms with Crippen LogP contribution < -0.4 is 0 Å². The van der Waals surface area contributed by atoms with Gasteiger partial charge >= 0.3 is 6.18 Å². The van der Waals surface area contributed by atoms with E-state index in [1.54, 1.807) is 0 Å². The van der Waals surface area contributed by atoms with E-state index in [9.17, 15) is 13.2 Å². The molecule has 0 atom stereocenters. The van der Waals surface area contributed by atoms with Crippen LogP contribution >= 0.6 is 27.5 Å². The van der Waals surface area contributed by atoms with E-state index in [4.69, 9.17) is 11.6 Å². The van der Waals surface area contributed by atoms with Crippen molar-refractivity contribution in [1.82, 2.24) is 4.98 Å². The minimum Gasteiger partial charge on any atom is -0.244 e. The Hall–Kier alpha value is -0.290. The summed E-state index contributed by atoms with van der Waals surface area (Å²) in [5.74, 6) is 0. The SMILES string of the molecule is FC(F)(F)c1c(Br)ccnc1Cl. The molecule has 0 aliphatic rings. The third-order valence-electron chi connectivity index (χ3n) is 1.14. The van der Waals surface area contributed by atoms with Gasteiger partial charge in [0, 0.05) is 10.7 Å². The molecule has 0 fully saturated rings. The Morgan fingerprint density at radius 2 is 2.00 bits per heavy atom. The number of halogens is 5. The lowest BCUT2D eigenvalue weighted by molar-refractivity contribution is -0.138. The smallest absolute Gasteiger partial charge is 0.244 e. The van der Waals surface area contributed by atoms with Gasteiger partial charge in [0.05, 0.1) is 0 Å². The van der Waals surface area contributed by atoms with E-state index in [2.05, 4.69) is 20.9 Å². The van der Waals surface area contributed by atoms with Gasteiger partial charge in [-0.2, -0.15) is 13.2 Å². The van der Waals surface area contributed by atoms with Crippen LogP contribution in [0.2, 0.25) is 5.15 Å². The van der Waals surface area contributed by atoms with E-state index in [0.29, 0.717) is 0 Å². The monoisotopic (exact) mass is 259 g/mol. The second kappa shape index (κ2) is 3.22. The third-order valence-corrected chi connectivity index (χ3v) is 2.08. The van der Waals surface area contributed by atoms with Crippen LogP contribution in [0.25, 0.3) is 0 Å². The maximum Gasteiger partial charge on any atom is 0.420 e. The summed E-state index contributed by atoms with van der Waals surface area (Å²) in [4.78, 5) is 3.32. The van der Waals surface area contributed by atoms with Crippen molar-refractivity contribution in [2.24, 2.45) is 0 Å². The Balaban J connectivity index is 3.31. The van der Waals surface area contributed by atoms with E-state index in [0.717, 1.165) is 0 Å². The quantitative estimate of drug-likeness (QED) is 0.650. The Kier molecular flexibility index (Phi) is 2.63. The predicted octanol–water partition coefficient (Wildman–Crippen LogP) is 3.52. The average molecular weight is 260 g/mol. The van der Waals surface area contributed by atoms with Gasteiger partial charge in [-0.3, -0.25) is 0 Å². The lowest BCUT2D eigenvalue weighted by atomic mass is 10.3. The molecule has 0 aromatic carbocycles. The summed E-state index contributed by atoms with van der Waals surface area (Å²) >= 11 is 7.99. The molecular weight excluding hydrogens is 258 g/mol. The molecule has 12 heavy (non-hydrogen) atoms. The highest BCUT2D eigenvalue weighted by Gasteiger charge is 2.36. The third kappa shape index (κ3) is 1.90. The first-order chi connectivity index (χ1) is 5.43. The summed E-state index contributed by atoms with van der Waals surface area (Å²) in [5, 5.41) is -0.545. The Morgan fingerprint density at radius 3 is 2.33 bits per heavy atom. The highest BCUT2D eigenvalue weighted by Crippen LogP contribution is 2.38. The van der Waals surface area contributed by atoms with Gasteiger partial charge in [0.1, 0.15) is 10.7 Å². The lowest BCUT2D eigenvalue weighted by Gasteiger charge is -2.08. The van der Waals surface area contributed by atoms with Gasteiger partial charge in [0.25, 0.3) is 0 Å². The molecule has 0 aliphatic heterocycles. The molecule has 1 heterocycles. The highest BCUT2D eigenvalue weighted by atomic mass is 79.9. The fourth-order valence-electron chi connectivity index (χ4n) is 0.667. The van der Waals surface area contributed by atoms with E-state index >= 15 is 0 Å². The second-order valence-electron chi connectivity index (χ2n) is 1.96. The normalized spacial score (nSPS) is 11.8. The van der Waals surface area contributed by atoms with Gasteiger partial charge in [-0.1, -0.05) is 27.5 Å². The second-order valence-corrected chi connectivity index (χ2v) is 3.17. The number of aromatic nitrogens is 1. The van der Waals surface area contributed by atoms with Crippen LogP contribution in [0.1, 0.15) is 5.56 Å². The minimum atomic E-state index is -4.47. The van der Waals surface area contributed by atoms with Gasteiger partial charge in [-0.15, -0.1) is 0 Å². The molecule has 0 bridgehead atoms. The molecule has 0 spiro atoms. The fraction of sp³-hybridized carbons (Fsp3) is 0.167. The molecule has 66 valence electrons. The van der Waals surface area contributed by atoms with E-state index < -0.39 is 16.9 Å². The van der Waals surface area contributed by atoms with Crippen LogP contribution in [-0.2, 0) is 6.18 Å². The Labute approximate surface area is 79.7 Å². The number of alkyl halides is 3. The molecule has 0 N–H and O–H groups in total. The van der Waals surface area contributed by atoms with Gasteiger partial charge < -0.3 is 0 Å². The van der Waals surface area contributed by atoms with Crippen molar-refractivity contribution in [2.45, 2.75) is 6.18 Å². The molecule has 1 rings (SSSR count). The van der Waals surface area contributed by atoms with Crippen molar-refractivity contribution < 1.29 is 13.2 Å². The highest BCUT2D eigenvalue weighted by molar-refractivity contribution is 9.10. The molecule has 0 unspecified atom stereocenters. The minimum absolute atomic E-state index is 0.102. The van der Waals surface area contributed by atoms with E-state index in [-0.39, 0.29) is 4.47 Å². The Morgan fingerprint density at radius 1 is 1.42 bits per heavy atom. The number of hydrogen-bond donors (Lipinski definition) is 0. The topological polar surface area (TPSA) is 12.9 Å². The van der Waals surface area contributed by atoms with Crippen LogP contribution in [0.4, 0.5) is 13.2 Å². The van der Waals surface area contributed by atoms with Gasteiger partial charge in [-0.25, -0.2) is 4.98 Å². The lowest BCUT2D eigenvalue weighted by Crippen LogP contribution is -2.07. The van der Waals surface area contributed by atoms with Crippen LogP contribution in [0.5, 0.6) is 0 Å². The van der Waals surface area contributed by atoms with E-state index in [1.807, 2.05) is 0 Å². The summed E-state index contributed by atoms with van der Waals surface area (Å²) in [5.41, 5.74) is -0.938. The van der Waals surface area contributed by atoms with Crippen molar-refractivity contribution in [3.63, 3.8) is 0 Å². The summed E-state index contributed by atoms with van der Waals surface area (Å²) in [6.07, 6.45) is -3.27. The first-order valence-electron chi connectivity index (χ1n) is 2.80. The summed E-state index contributed by atoms with van der Waals surface area (Å²) < 4.78 is 36.4. The van der Waals surface area contributed by atoms with Crippen LogP contribution in [0.3, 0.4) is 0 Å². The largest absolute Gasteiger partial charge is 0.420 e. The van der Waals surface area contributed by atoms with Crippen molar-refractivity contribution >= 4 is 27.5 Å². The summed E-state index contributed by atoms with van der Waals surface area (Å²) in [6.45, 7) is 0. The fourth-order valence-corrected chi connectivity index (χ4v) is 1.58. The molecule has 1 aromatic rings. The molecule has 0 aliphatic carbocycles. The van der Waals surface area contributed by atoms with Crippen molar-refractivity contribution in [2.75, 3.05) is 0 Å². The number of nitrogens with zero attached hydrogens (tertiary/aromatic N) is 1. The number of rotatable bonds is 0. The van der Waals surface area contributed by atoms with Crippen LogP contribution in [-0.4, -0.2) is 4.98 Å². The van der Waals surface area contributed by atoms with Crippen molar-refractivity contribution in [3.8, 4) is 0 Å². The van der Waals surface area contributed by atoms with Crippen LogP contribution in [0.15, 0.2) is 16.7 Å². The molecule has 0 radical (unpaired) electrons. The predicted molar refractivity (Wildman–Crippen MR) is 41.9 cm³/mol. The number of pyridine rings is 1. The molecule has 0 saturated carbocycles. The summed E-state index contributed by atoms with van der Waals surface area (Å²) in [6, 6.07) is 1.19. The standard InChI is InChI=1S/C6H2BrClF3N/c7-3-1-2-12-5(8)4(3)6(9,10)11/h1-2H. The zero-order chi connectivity index (χ0) is 9.35. The zero-order valence-corrected chi connectivity index (χ0v) is 7.83.